The molecule has 1 saturated heterocycles. The first-order valence-electron chi connectivity index (χ1n) is 10.6. The molecule has 0 bridgehead atoms. The van der Waals surface area contributed by atoms with Crippen molar-refractivity contribution in [2.45, 2.75) is 44.1 Å². The third kappa shape index (κ3) is 4.33. The molecule has 2 aromatic rings. The average molecular weight is 393 g/mol. The SMILES string of the molecule is CN1CCN(c2nc3ccccc3nc2C(C#N)C(=O)NC2CCCCC2)CC1. The Morgan fingerprint density at radius 3 is 2.41 bits per heavy atom. The summed E-state index contributed by atoms with van der Waals surface area (Å²) in [5.74, 6) is -0.537. The molecule has 1 N–H and O–H groups in total. The van der Waals surface area contributed by atoms with Gasteiger partial charge >= 0.3 is 0 Å². The number of hydrogen-bond acceptors (Lipinski definition) is 6. The molecule has 0 spiro atoms. The Morgan fingerprint density at radius 2 is 1.76 bits per heavy atom. The number of para-hydroxylation sites is 2. The number of aromatic nitrogens is 2. The van der Waals surface area contributed by atoms with Crippen molar-refractivity contribution in [1.82, 2.24) is 20.2 Å². The lowest BCUT2D eigenvalue weighted by molar-refractivity contribution is -0.122. The van der Waals surface area contributed by atoms with Gasteiger partial charge in [-0.15, -0.1) is 0 Å². The molecule has 1 amide bonds. The molecule has 152 valence electrons. The van der Waals surface area contributed by atoms with Crippen LogP contribution in [0.2, 0.25) is 0 Å². The number of anilines is 1. The number of piperazine rings is 1. The lowest BCUT2D eigenvalue weighted by Gasteiger charge is -2.34. The Balaban J connectivity index is 1.68. The van der Waals surface area contributed by atoms with Crippen molar-refractivity contribution in [1.29, 1.82) is 5.26 Å². The van der Waals surface area contributed by atoms with Gasteiger partial charge in [0, 0.05) is 32.2 Å². The fourth-order valence-corrected chi connectivity index (χ4v) is 4.22. The second-order valence-electron chi connectivity index (χ2n) is 8.12. The van der Waals surface area contributed by atoms with E-state index in [9.17, 15) is 10.1 Å². The van der Waals surface area contributed by atoms with E-state index >= 15 is 0 Å². The van der Waals surface area contributed by atoms with Crippen molar-refractivity contribution in [2.24, 2.45) is 0 Å². The molecular weight excluding hydrogens is 364 g/mol. The molecule has 1 aliphatic carbocycles. The first kappa shape index (κ1) is 19.6. The molecule has 7 nitrogen and oxygen atoms in total. The highest BCUT2D eigenvalue weighted by atomic mass is 16.2. The Morgan fingerprint density at radius 1 is 1.10 bits per heavy atom. The standard InChI is InChI=1S/C22H28N6O/c1-27-11-13-28(14-12-27)21-20(25-18-9-5-6-10-19(18)26-21)17(15-23)22(29)24-16-7-3-2-4-8-16/h5-6,9-10,16-17H,2-4,7-8,11-14H2,1H3,(H,24,29). The fraction of sp³-hybridized carbons (Fsp3) is 0.545. The van der Waals surface area contributed by atoms with E-state index in [1.54, 1.807) is 0 Å². The molecule has 1 unspecified atom stereocenters. The zero-order valence-electron chi connectivity index (χ0n) is 17.0. The van der Waals surface area contributed by atoms with Crippen LogP contribution in [0.1, 0.15) is 43.7 Å². The van der Waals surface area contributed by atoms with Crippen molar-refractivity contribution < 1.29 is 4.79 Å². The van der Waals surface area contributed by atoms with Gasteiger partial charge in [-0.2, -0.15) is 5.26 Å². The number of carbonyl (C=O) groups excluding carboxylic acids is 1. The van der Waals surface area contributed by atoms with Crippen LogP contribution in [0.5, 0.6) is 0 Å². The van der Waals surface area contributed by atoms with Gasteiger partial charge in [-0.05, 0) is 32.0 Å². The first-order valence-corrected chi connectivity index (χ1v) is 10.6. The van der Waals surface area contributed by atoms with Crippen molar-refractivity contribution in [3.05, 3.63) is 30.0 Å². The van der Waals surface area contributed by atoms with Gasteiger partial charge in [0.2, 0.25) is 5.91 Å². The topological polar surface area (TPSA) is 85.2 Å². The number of nitriles is 1. The van der Waals surface area contributed by atoms with Crippen molar-refractivity contribution >= 4 is 22.8 Å². The van der Waals surface area contributed by atoms with Crippen LogP contribution in [0.4, 0.5) is 5.82 Å². The zero-order chi connectivity index (χ0) is 20.2. The normalized spacial score (nSPS) is 19.7. The molecule has 4 rings (SSSR count). The zero-order valence-corrected chi connectivity index (χ0v) is 17.0. The Hall–Kier alpha value is -2.72. The van der Waals surface area contributed by atoms with Crippen molar-refractivity contribution in [3.8, 4) is 6.07 Å². The van der Waals surface area contributed by atoms with Crippen LogP contribution in [0.25, 0.3) is 11.0 Å². The highest BCUT2D eigenvalue weighted by Gasteiger charge is 2.31. The lowest BCUT2D eigenvalue weighted by atomic mass is 9.94. The molecule has 2 heterocycles. The number of amides is 1. The maximum absolute atomic E-state index is 13.0. The van der Waals surface area contributed by atoms with Gasteiger partial charge in [-0.25, -0.2) is 9.97 Å². The molecule has 1 aromatic carbocycles. The van der Waals surface area contributed by atoms with Crippen LogP contribution >= 0.6 is 0 Å². The summed E-state index contributed by atoms with van der Waals surface area (Å²) < 4.78 is 0. The molecule has 0 radical (unpaired) electrons. The molecule has 7 heteroatoms. The summed E-state index contributed by atoms with van der Waals surface area (Å²) in [6, 6.07) is 10.0. The van der Waals surface area contributed by atoms with Gasteiger partial charge in [-0.3, -0.25) is 4.79 Å². The summed E-state index contributed by atoms with van der Waals surface area (Å²) in [6.45, 7) is 3.44. The minimum absolute atomic E-state index is 0.160. The lowest BCUT2D eigenvalue weighted by Crippen LogP contribution is -2.46. The summed E-state index contributed by atoms with van der Waals surface area (Å²) in [7, 11) is 2.10. The highest BCUT2D eigenvalue weighted by molar-refractivity contribution is 5.89. The van der Waals surface area contributed by atoms with Crippen LogP contribution < -0.4 is 10.2 Å². The maximum Gasteiger partial charge on any atom is 0.243 e. The third-order valence-corrected chi connectivity index (χ3v) is 6.00. The largest absolute Gasteiger partial charge is 0.352 e. The van der Waals surface area contributed by atoms with Gasteiger partial charge in [0.25, 0.3) is 0 Å². The molecule has 1 saturated carbocycles. The summed E-state index contributed by atoms with van der Waals surface area (Å²) in [5, 5.41) is 13.0. The van der Waals surface area contributed by atoms with Gasteiger partial charge in [0.15, 0.2) is 11.7 Å². The predicted molar refractivity (Wildman–Crippen MR) is 113 cm³/mol. The van der Waals surface area contributed by atoms with Gasteiger partial charge in [0.1, 0.15) is 5.69 Å². The van der Waals surface area contributed by atoms with E-state index in [0.717, 1.165) is 57.4 Å². The van der Waals surface area contributed by atoms with Crippen LogP contribution in [0.3, 0.4) is 0 Å². The van der Waals surface area contributed by atoms with Crippen LogP contribution in [0, 0.1) is 11.3 Å². The van der Waals surface area contributed by atoms with Gasteiger partial charge < -0.3 is 15.1 Å². The number of nitrogens with zero attached hydrogens (tertiary/aromatic N) is 5. The predicted octanol–water partition coefficient (Wildman–Crippen LogP) is 2.44. The fourth-order valence-electron chi connectivity index (χ4n) is 4.22. The number of likely N-dealkylation sites (N-methyl/N-ethyl adjacent to an activating group) is 1. The number of rotatable bonds is 4. The van der Waals surface area contributed by atoms with E-state index in [1.165, 1.54) is 6.42 Å². The summed E-state index contributed by atoms with van der Waals surface area (Å²) in [4.78, 5) is 27.1. The van der Waals surface area contributed by atoms with Gasteiger partial charge in [-0.1, -0.05) is 31.4 Å². The van der Waals surface area contributed by atoms with E-state index in [1.807, 2.05) is 24.3 Å². The molecule has 29 heavy (non-hydrogen) atoms. The number of benzene rings is 1. The van der Waals surface area contributed by atoms with Crippen LogP contribution in [-0.2, 0) is 4.79 Å². The molecule has 1 atom stereocenters. The Bertz CT molecular complexity index is 909. The van der Waals surface area contributed by atoms with E-state index in [4.69, 9.17) is 9.97 Å². The summed E-state index contributed by atoms with van der Waals surface area (Å²) in [6.07, 6.45) is 5.45. The van der Waals surface area contributed by atoms with Crippen molar-refractivity contribution in [2.75, 3.05) is 38.1 Å². The molecule has 2 aliphatic rings. The van der Waals surface area contributed by atoms with Gasteiger partial charge in [0.05, 0.1) is 17.1 Å². The van der Waals surface area contributed by atoms with Crippen LogP contribution in [-0.4, -0.2) is 60.0 Å². The molecule has 2 fully saturated rings. The summed E-state index contributed by atoms with van der Waals surface area (Å²) >= 11 is 0. The van der Waals surface area contributed by atoms with E-state index in [0.29, 0.717) is 17.0 Å². The minimum Gasteiger partial charge on any atom is -0.352 e. The minimum atomic E-state index is -0.955. The Labute approximate surface area is 171 Å². The number of fused-ring (bicyclic) bond motifs is 1. The van der Waals surface area contributed by atoms with E-state index in [-0.39, 0.29) is 11.9 Å². The Kier molecular flexibility index (Phi) is 5.91. The first-order chi connectivity index (χ1) is 14.2. The molecular formula is C22H28N6O. The second kappa shape index (κ2) is 8.75. The third-order valence-electron chi connectivity index (χ3n) is 6.00. The van der Waals surface area contributed by atoms with E-state index in [2.05, 4.69) is 28.2 Å². The summed E-state index contributed by atoms with van der Waals surface area (Å²) in [5.41, 5.74) is 1.98. The molecule has 1 aliphatic heterocycles. The van der Waals surface area contributed by atoms with Crippen molar-refractivity contribution in [3.63, 3.8) is 0 Å². The molecule has 1 aromatic heterocycles. The number of nitrogens with one attached hydrogen (secondary N) is 1. The van der Waals surface area contributed by atoms with E-state index < -0.39 is 5.92 Å². The number of hydrogen-bond donors (Lipinski definition) is 1. The highest BCUT2D eigenvalue weighted by Crippen LogP contribution is 2.28. The smallest absolute Gasteiger partial charge is 0.243 e. The second-order valence-corrected chi connectivity index (χ2v) is 8.12. The number of carbonyl (C=O) groups is 1. The monoisotopic (exact) mass is 392 g/mol. The maximum atomic E-state index is 13.0. The quantitative estimate of drug-likeness (QED) is 0.860. The van der Waals surface area contributed by atoms with Crippen LogP contribution in [0.15, 0.2) is 24.3 Å². The average Bonchev–Trinajstić information content (AvgIpc) is 2.75.